The molecule has 0 fully saturated rings. The Morgan fingerprint density at radius 3 is 1.44 bits per heavy atom. The fraction of sp³-hybridized carbons (Fsp3) is 1.00. The topological polar surface area (TPSA) is 0 Å². The van der Waals surface area contributed by atoms with Crippen LogP contribution in [-0.4, -0.2) is 0 Å². The van der Waals surface area contributed by atoms with Crippen molar-refractivity contribution in [1.29, 1.82) is 0 Å². The summed E-state index contributed by atoms with van der Waals surface area (Å²) < 4.78 is 0. The van der Waals surface area contributed by atoms with Crippen molar-refractivity contribution in [2.45, 2.75) is 81.1 Å². The minimum absolute atomic E-state index is 0.830. The quantitative estimate of drug-likeness (QED) is 0.446. The maximum absolute atomic E-state index is 2.46. The Bertz CT molecular complexity index is 192. The second-order valence-electron chi connectivity index (χ2n) is 7.01. The smallest absolute Gasteiger partial charge is 0.0358 e. The Balaban J connectivity index is 4.82. The summed E-state index contributed by atoms with van der Waals surface area (Å²) >= 11 is 0. The van der Waals surface area contributed by atoms with Gasteiger partial charge in [-0.15, -0.1) is 0 Å². The van der Waals surface area contributed by atoms with E-state index in [1.807, 2.05) is 0 Å². The highest BCUT2D eigenvalue weighted by Gasteiger charge is 2.29. The van der Waals surface area contributed by atoms with Crippen LogP contribution in [0.4, 0.5) is 0 Å². The van der Waals surface area contributed by atoms with Gasteiger partial charge in [-0.05, 0) is 41.9 Å². The van der Waals surface area contributed by atoms with Gasteiger partial charge in [0.1, 0.15) is 0 Å². The summed E-state index contributed by atoms with van der Waals surface area (Å²) in [5.41, 5.74) is 0. The molecule has 0 rings (SSSR count). The fourth-order valence-electron chi connectivity index (χ4n) is 3.63. The first kappa shape index (κ1) is 18.0. The van der Waals surface area contributed by atoms with Crippen LogP contribution in [0.2, 0.25) is 0 Å². The van der Waals surface area contributed by atoms with Gasteiger partial charge in [-0.3, -0.25) is 0 Å². The minimum atomic E-state index is 0.830. The molecule has 110 valence electrons. The second kappa shape index (κ2) is 8.99. The van der Waals surface area contributed by atoms with Gasteiger partial charge in [0.2, 0.25) is 0 Å². The number of hydrogen-bond donors (Lipinski definition) is 0. The van der Waals surface area contributed by atoms with E-state index >= 15 is 0 Å². The van der Waals surface area contributed by atoms with E-state index < -0.39 is 0 Å². The van der Waals surface area contributed by atoms with Crippen molar-refractivity contribution in [2.75, 3.05) is 0 Å². The Morgan fingerprint density at radius 1 is 0.611 bits per heavy atom. The molecule has 0 aliphatic rings. The van der Waals surface area contributed by atoms with E-state index in [1.165, 1.54) is 25.7 Å². The highest BCUT2D eigenvalue weighted by atomic mass is 14.3. The summed E-state index contributed by atoms with van der Waals surface area (Å²) in [6, 6.07) is 0. The monoisotopic (exact) mass is 254 g/mol. The average Bonchev–Trinajstić information content (AvgIpc) is 2.32. The molecule has 0 nitrogen and oxygen atoms in total. The molecule has 0 saturated carbocycles. The highest BCUT2D eigenvalue weighted by Crippen LogP contribution is 2.38. The lowest BCUT2D eigenvalue weighted by atomic mass is 9.69. The molecular formula is C18H38. The molecule has 4 unspecified atom stereocenters. The van der Waals surface area contributed by atoms with Crippen LogP contribution in [0.1, 0.15) is 81.1 Å². The van der Waals surface area contributed by atoms with Crippen molar-refractivity contribution in [2.24, 2.45) is 35.5 Å². The Hall–Kier alpha value is 0. The third kappa shape index (κ3) is 5.33. The predicted octanol–water partition coefficient (Wildman–Crippen LogP) is 6.40. The fourth-order valence-corrected chi connectivity index (χ4v) is 3.63. The molecule has 0 saturated heterocycles. The lowest BCUT2D eigenvalue weighted by molar-refractivity contribution is 0.130. The molecule has 0 amide bonds. The van der Waals surface area contributed by atoms with Crippen molar-refractivity contribution < 1.29 is 0 Å². The third-order valence-electron chi connectivity index (χ3n) is 5.29. The molecule has 18 heavy (non-hydrogen) atoms. The van der Waals surface area contributed by atoms with Crippen LogP contribution in [0.5, 0.6) is 0 Å². The van der Waals surface area contributed by atoms with Crippen molar-refractivity contribution in [3.8, 4) is 0 Å². The SMILES string of the molecule is CCC(C)C(CC)C(CC(CC)C(C)C)C(C)C. The molecule has 0 bridgehead atoms. The van der Waals surface area contributed by atoms with Gasteiger partial charge < -0.3 is 0 Å². The maximum Gasteiger partial charge on any atom is -0.0358 e. The van der Waals surface area contributed by atoms with Crippen molar-refractivity contribution in [1.82, 2.24) is 0 Å². The molecule has 0 aromatic heterocycles. The third-order valence-corrected chi connectivity index (χ3v) is 5.29. The van der Waals surface area contributed by atoms with Gasteiger partial charge in [-0.2, -0.15) is 0 Å². The van der Waals surface area contributed by atoms with Gasteiger partial charge in [0, 0.05) is 0 Å². The summed E-state index contributed by atoms with van der Waals surface area (Å²) in [6.45, 7) is 19.2. The highest BCUT2D eigenvalue weighted by molar-refractivity contribution is 4.79. The van der Waals surface area contributed by atoms with Gasteiger partial charge in [0.15, 0.2) is 0 Å². The summed E-state index contributed by atoms with van der Waals surface area (Å²) in [7, 11) is 0. The predicted molar refractivity (Wildman–Crippen MR) is 84.8 cm³/mol. The molecule has 0 aliphatic heterocycles. The molecule has 0 aliphatic carbocycles. The van der Waals surface area contributed by atoms with E-state index in [9.17, 15) is 0 Å². The first-order chi connectivity index (χ1) is 8.38. The van der Waals surface area contributed by atoms with E-state index in [4.69, 9.17) is 0 Å². The Kier molecular flexibility index (Phi) is 8.99. The number of rotatable bonds is 9. The van der Waals surface area contributed by atoms with Crippen LogP contribution in [0.25, 0.3) is 0 Å². The summed E-state index contributed by atoms with van der Waals surface area (Å²) in [5.74, 6) is 5.30. The molecule has 0 spiro atoms. The van der Waals surface area contributed by atoms with Crippen LogP contribution in [-0.2, 0) is 0 Å². The normalized spacial score (nSPS) is 19.0. The van der Waals surface area contributed by atoms with Gasteiger partial charge in [-0.25, -0.2) is 0 Å². The van der Waals surface area contributed by atoms with E-state index in [1.54, 1.807) is 0 Å². The zero-order chi connectivity index (χ0) is 14.3. The van der Waals surface area contributed by atoms with Crippen molar-refractivity contribution in [3.63, 3.8) is 0 Å². The molecule has 0 heteroatoms. The van der Waals surface area contributed by atoms with E-state index in [-0.39, 0.29) is 0 Å². The standard InChI is InChI=1S/C18H38/c1-9-15(8)17(11-3)18(14(6)7)12-16(10-2)13(4)5/h13-18H,9-12H2,1-8H3. The van der Waals surface area contributed by atoms with E-state index in [0.29, 0.717) is 0 Å². The van der Waals surface area contributed by atoms with E-state index in [0.717, 1.165) is 35.5 Å². The molecule has 0 aromatic rings. The molecule has 0 N–H and O–H groups in total. The molecule has 0 heterocycles. The maximum atomic E-state index is 2.46. The van der Waals surface area contributed by atoms with Crippen molar-refractivity contribution >= 4 is 0 Å². The van der Waals surface area contributed by atoms with Crippen LogP contribution in [0.3, 0.4) is 0 Å². The Labute approximate surface area is 117 Å². The van der Waals surface area contributed by atoms with Gasteiger partial charge >= 0.3 is 0 Å². The molecule has 4 atom stereocenters. The van der Waals surface area contributed by atoms with Gasteiger partial charge in [-0.1, -0.05) is 74.7 Å². The number of hydrogen-bond acceptors (Lipinski definition) is 0. The first-order valence-electron chi connectivity index (χ1n) is 8.38. The zero-order valence-electron chi connectivity index (χ0n) is 14.3. The van der Waals surface area contributed by atoms with Gasteiger partial charge in [0.25, 0.3) is 0 Å². The largest absolute Gasteiger partial charge is 0.0651 e. The summed E-state index contributed by atoms with van der Waals surface area (Å²) in [5, 5.41) is 0. The van der Waals surface area contributed by atoms with Crippen LogP contribution in [0, 0.1) is 35.5 Å². The van der Waals surface area contributed by atoms with Crippen molar-refractivity contribution in [3.05, 3.63) is 0 Å². The molecule has 0 aromatic carbocycles. The minimum Gasteiger partial charge on any atom is -0.0651 e. The second-order valence-corrected chi connectivity index (χ2v) is 7.01. The van der Waals surface area contributed by atoms with Crippen LogP contribution >= 0.6 is 0 Å². The van der Waals surface area contributed by atoms with E-state index in [2.05, 4.69) is 55.4 Å². The molecule has 0 radical (unpaired) electrons. The average molecular weight is 255 g/mol. The summed E-state index contributed by atoms with van der Waals surface area (Å²) in [4.78, 5) is 0. The first-order valence-corrected chi connectivity index (χ1v) is 8.38. The Morgan fingerprint density at radius 2 is 1.17 bits per heavy atom. The van der Waals surface area contributed by atoms with Crippen LogP contribution in [0.15, 0.2) is 0 Å². The van der Waals surface area contributed by atoms with Gasteiger partial charge in [0.05, 0.1) is 0 Å². The van der Waals surface area contributed by atoms with Crippen LogP contribution < -0.4 is 0 Å². The zero-order valence-corrected chi connectivity index (χ0v) is 14.3. The molecular weight excluding hydrogens is 216 g/mol. The lowest BCUT2D eigenvalue weighted by Crippen LogP contribution is -2.28. The summed E-state index contributed by atoms with van der Waals surface area (Å²) in [6.07, 6.45) is 5.47. The lowest BCUT2D eigenvalue weighted by Gasteiger charge is -2.37.